The lowest BCUT2D eigenvalue weighted by molar-refractivity contribution is -0.276. The van der Waals surface area contributed by atoms with E-state index in [1.165, 1.54) is 18.2 Å². The minimum absolute atomic E-state index is 0.0217. The molecule has 0 aliphatic carbocycles. The first kappa shape index (κ1) is 41.4. The molecule has 2 amide bonds. The molecule has 1 saturated heterocycles. The lowest BCUT2D eigenvalue weighted by atomic mass is 9.89. The Hall–Kier alpha value is -5.72. The number of urea groups is 1. The molecule has 0 aromatic heterocycles. The van der Waals surface area contributed by atoms with Gasteiger partial charge in [-0.1, -0.05) is 110 Å². The van der Waals surface area contributed by atoms with Gasteiger partial charge in [-0.05, 0) is 63.1 Å². The largest absolute Gasteiger partial charge is 0.493 e. The van der Waals surface area contributed by atoms with E-state index in [1.807, 2.05) is 91.0 Å². The van der Waals surface area contributed by atoms with E-state index in [2.05, 4.69) is 46.7 Å². The van der Waals surface area contributed by atoms with Crippen molar-refractivity contribution in [1.29, 1.82) is 0 Å². The van der Waals surface area contributed by atoms with Crippen molar-refractivity contribution in [1.82, 2.24) is 15.5 Å². The van der Waals surface area contributed by atoms with Crippen molar-refractivity contribution < 1.29 is 38.4 Å². The van der Waals surface area contributed by atoms with Gasteiger partial charge < -0.3 is 39.4 Å². The number of amides is 2. The highest BCUT2D eigenvalue weighted by Gasteiger charge is 2.39. The summed E-state index contributed by atoms with van der Waals surface area (Å²) in [5.74, 6) is 1.00. The zero-order valence-corrected chi connectivity index (χ0v) is 34.1. The van der Waals surface area contributed by atoms with E-state index in [1.54, 1.807) is 14.2 Å². The molecule has 3 N–H and O–H groups in total. The monoisotopic (exact) mass is 799 g/mol. The molecule has 2 aliphatic heterocycles. The van der Waals surface area contributed by atoms with Crippen LogP contribution < -0.4 is 20.1 Å². The first-order chi connectivity index (χ1) is 28.8. The average molecular weight is 800 g/mol. The summed E-state index contributed by atoms with van der Waals surface area (Å²) in [4.78, 5) is 28.0. The Labute approximate surface area is 346 Å². The molecule has 7 rings (SSSR count). The van der Waals surface area contributed by atoms with E-state index in [-0.39, 0.29) is 31.3 Å². The maximum atomic E-state index is 13.1. The first-order valence-electron chi connectivity index (χ1n) is 20.1. The number of fused-ring (bicyclic) bond motifs is 1. The third kappa shape index (κ3) is 9.95. The van der Waals surface area contributed by atoms with Crippen LogP contribution in [0.5, 0.6) is 11.5 Å². The predicted molar refractivity (Wildman–Crippen MR) is 225 cm³/mol. The minimum atomic E-state index is -0.832. The summed E-state index contributed by atoms with van der Waals surface area (Å²) in [6.45, 7) is 4.79. The lowest BCUT2D eigenvalue weighted by Gasteiger charge is -2.43. The van der Waals surface area contributed by atoms with Gasteiger partial charge in [0.15, 0.2) is 17.8 Å². The number of nitrogens with zero attached hydrogens (tertiary/aromatic N) is 1. The van der Waals surface area contributed by atoms with Gasteiger partial charge in [0.2, 0.25) is 0 Å². The highest BCUT2D eigenvalue weighted by Crippen LogP contribution is 2.43. The topological polar surface area (TPSA) is 128 Å². The van der Waals surface area contributed by atoms with Gasteiger partial charge in [-0.15, -0.1) is 0 Å². The number of aliphatic hydroxyl groups is 1. The molecule has 0 radical (unpaired) electrons. The zero-order chi connectivity index (χ0) is 41.3. The number of carbonyl (C=O) groups is 2. The molecular formula is C48H53N3O8. The van der Waals surface area contributed by atoms with Crippen LogP contribution in [-0.4, -0.2) is 68.6 Å². The second-order valence-corrected chi connectivity index (χ2v) is 15.2. The maximum absolute atomic E-state index is 13.1. The Balaban J connectivity index is 1.06. The molecule has 0 spiro atoms. The predicted octanol–water partition coefficient (Wildman–Crippen LogP) is 7.30. The van der Waals surface area contributed by atoms with Crippen LogP contribution in [0.25, 0.3) is 11.1 Å². The van der Waals surface area contributed by atoms with Crippen LogP contribution in [0.15, 0.2) is 115 Å². The van der Waals surface area contributed by atoms with Crippen molar-refractivity contribution >= 4 is 12.0 Å². The Kier molecular flexibility index (Phi) is 13.6. The summed E-state index contributed by atoms with van der Waals surface area (Å²) in [7, 11) is 4.64. The van der Waals surface area contributed by atoms with Crippen LogP contribution in [-0.2, 0) is 51.5 Å². The number of rotatable bonds is 14. The van der Waals surface area contributed by atoms with Crippen molar-refractivity contribution in [3.63, 3.8) is 0 Å². The molecule has 1 fully saturated rings. The summed E-state index contributed by atoms with van der Waals surface area (Å²) < 4.78 is 29.8. The van der Waals surface area contributed by atoms with E-state index in [0.29, 0.717) is 6.42 Å². The summed E-state index contributed by atoms with van der Waals surface area (Å²) in [5, 5.41) is 15.4. The SMILES string of the molecule is COC(=O)[C@H](Cc1ccccc1)NC(=O)NCc1ccccc1-c1ccc([C@@H]2O[C@H](CN3CCc4cc(OC)c(OC)cc4C3)[C@H](C)[C@H](c3ccc(CO)cc3)O2)cc1. The smallest absolute Gasteiger partial charge is 0.328 e. The Bertz CT molecular complexity index is 2180. The standard InChI is InChI=1S/C48H53N3O8/c1-31-44(29-51-23-22-37-25-42(55-2)43(56-3)26-39(37)28-51)58-47(59-45(31)35-16-14-33(30-52)15-17-35)36-20-18-34(19-21-36)40-13-9-8-12-38(40)27-49-48(54)50-41(46(53)57-4)24-32-10-6-5-7-11-32/h5-21,25-26,31,41,44-45,47,52H,22-24,27-30H2,1-4H3,(H2,49,50,54)/t31-,41-,44+,45+,47+/m0/s1. The zero-order valence-electron chi connectivity index (χ0n) is 34.1. The van der Waals surface area contributed by atoms with E-state index in [9.17, 15) is 14.7 Å². The molecule has 59 heavy (non-hydrogen) atoms. The third-order valence-electron chi connectivity index (χ3n) is 11.4. The normalized spacial score (nSPS) is 19.5. The van der Waals surface area contributed by atoms with Crippen molar-refractivity contribution in [3.8, 4) is 22.6 Å². The molecule has 2 heterocycles. The van der Waals surface area contributed by atoms with E-state index < -0.39 is 24.3 Å². The average Bonchev–Trinajstić information content (AvgIpc) is 3.28. The number of hydrogen-bond acceptors (Lipinski definition) is 9. The molecule has 0 unspecified atom stereocenters. The Morgan fingerprint density at radius 1 is 0.814 bits per heavy atom. The van der Waals surface area contributed by atoms with Crippen LogP contribution in [0.1, 0.15) is 58.3 Å². The third-order valence-corrected chi connectivity index (χ3v) is 11.4. The van der Waals surface area contributed by atoms with Gasteiger partial charge in [-0.2, -0.15) is 0 Å². The second kappa shape index (κ2) is 19.4. The Morgan fingerprint density at radius 2 is 1.49 bits per heavy atom. The van der Waals surface area contributed by atoms with Gasteiger partial charge >= 0.3 is 12.0 Å². The summed E-state index contributed by atoms with van der Waals surface area (Å²) in [6, 6.07) is 36.4. The number of esters is 1. The van der Waals surface area contributed by atoms with Crippen LogP contribution >= 0.6 is 0 Å². The van der Waals surface area contributed by atoms with Crippen LogP contribution in [0.3, 0.4) is 0 Å². The number of methoxy groups -OCH3 is 3. The number of aliphatic hydroxyl groups excluding tert-OH is 1. The highest BCUT2D eigenvalue weighted by atomic mass is 16.7. The quantitative estimate of drug-likeness (QED) is 0.0993. The maximum Gasteiger partial charge on any atom is 0.328 e. The lowest BCUT2D eigenvalue weighted by Crippen LogP contribution is -2.47. The molecule has 0 saturated carbocycles. The summed E-state index contributed by atoms with van der Waals surface area (Å²) >= 11 is 0. The van der Waals surface area contributed by atoms with E-state index in [0.717, 1.165) is 76.5 Å². The molecule has 308 valence electrons. The molecular weight excluding hydrogens is 747 g/mol. The van der Waals surface area contributed by atoms with Gasteiger partial charge in [0.1, 0.15) is 6.04 Å². The van der Waals surface area contributed by atoms with E-state index >= 15 is 0 Å². The number of ether oxygens (including phenoxy) is 5. The number of nitrogens with one attached hydrogen (secondary N) is 2. The number of carbonyl (C=O) groups excluding carboxylic acids is 2. The molecule has 0 bridgehead atoms. The Morgan fingerprint density at radius 3 is 2.19 bits per heavy atom. The number of hydrogen-bond donors (Lipinski definition) is 3. The summed E-state index contributed by atoms with van der Waals surface area (Å²) in [6.07, 6.45) is 0.217. The first-order valence-corrected chi connectivity index (χ1v) is 20.1. The van der Waals surface area contributed by atoms with Crippen molar-refractivity contribution in [2.24, 2.45) is 5.92 Å². The van der Waals surface area contributed by atoms with Gasteiger partial charge in [0, 0.05) is 44.1 Å². The van der Waals surface area contributed by atoms with Crippen LogP contribution in [0, 0.1) is 5.92 Å². The van der Waals surface area contributed by atoms with Gasteiger partial charge in [0.25, 0.3) is 0 Å². The van der Waals surface area contributed by atoms with Gasteiger partial charge in [-0.25, -0.2) is 9.59 Å². The van der Waals surface area contributed by atoms with Crippen LogP contribution in [0.2, 0.25) is 0 Å². The van der Waals surface area contributed by atoms with Gasteiger partial charge in [0.05, 0.1) is 40.1 Å². The molecule has 5 aromatic rings. The van der Waals surface area contributed by atoms with Crippen molar-refractivity contribution in [3.05, 3.63) is 154 Å². The number of benzene rings is 5. The fourth-order valence-electron chi connectivity index (χ4n) is 8.03. The second-order valence-electron chi connectivity index (χ2n) is 15.2. The van der Waals surface area contributed by atoms with Crippen molar-refractivity contribution in [2.75, 3.05) is 34.4 Å². The summed E-state index contributed by atoms with van der Waals surface area (Å²) in [5.41, 5.74) is 9.03. The minimum Gasteiger partial charge on any atom is -0.493 e. The molecule has 2 aliphatic rings. The fourth-order valence-corrected chi connectivity index (χ4v) is 8.03. The molecule has 5 aromatic carbocycles. The highest BCUT2D eigenvalue weighted by molar-refractivity contribution is 5.84. The van der Waals surface area contributed by atoms with Crippen LogP contribution in [0.4, 0.5) is 4.79 Å². The molecule has 11 heteroatoms. The van der Waals surface area contributed by atoms with E-state index in [4.69, 9.17) is 23.7 Å². The molecule has 11 nitrogen and oxygen atoms in total. The van der Waals surface area contributed by atoms with Gasteiger partial charge in [-0.3, -0.25) is 4.90 Å². The van der Waals surface area contributed by atoms with Crippen molar-refractivity contribution in [2.45, 2.75) is 64.0 Å². The fraction of sp³-hybridized carbons (Fsp3) is 0.333. The molecule has 5 atom stereocenters.